The predicted molar refractivity (Wildman–Crippen MR) is 72.2 cm³/mol. The number of amides is 1. The summed E-state index contributed by atoms with van der Waals surface area (Å²) in [6.07, 6.45) is 1.95. The number of carbonyl (C=O) groups excluding carboxylic acids is 1. The third-order valence-corrected chi connectivity index (χ3v) is 3.82. The maximum Gasteiger partial charge on any atom is 0.229 e. The molecule has 1 saturated heterocycles. The summed E-state index contributed by atoms with van der Waals surface area (Å²) >= 11 is 0. The minimum atomic E-state index is -0.543. The lowest BCUT2D eigenvalue weighted by Gasteiger charge is -2.40. The van der Waals surface area contributed by atoms with E-state index in [1.807, 2.05) is 18.7 Å². The number of piperidine rings is 1. The lowest BCUT2D eigenvalue weighted by molar-refractivity contribution is -0.144. The highest BCUT2D eigenvalue weighted by Gasteiger charge is 2.35. The normalized spacial score (nSPS) is 18.9. The fourth-order valence-electron chi connectivity index (χ4n) is 2.34. The summed E-state index contributed by atoms with van der Waals surface area (Å²) in [5.74, 6) is 0.0635. The van der Waals surface area contributed by atoms with E-state index in [1.54, 1.807) is 0 Å². The minimum absolute atomic E-state index is 0.0126. The SMILES string of the molecule is CN1CCC(N(CCO)C(=O)C(C)(C)CN)CC1. The van der Waals surface area contributed by atoms with Gasteiger partial charge in [0, 0.05) is 19.1 Å². The molecule has 0 saturated carbocycles. The van der Waals surface area contributed by atoms with Crippen LogP contribution in [0.3, 0.4) is 0 Å². The van der Waals surface area contributed by atoms with Gasteiger partial charge in [-0.2, -0.15) is 0 Å². The summed E-state index contributed by atoms with van der Waals surface area (Å²) in [7, 11) is 2.10. The molecule has 1 aliphatic rings. The maximum absolute atomic E-state index is 12.5. The van der Waals surface area contributed by atoms with E-state index >= 15 is 0 Å². The summed E-state index contributed by atoms with van der Waals surface area (Å²) in [5.41, 5.74) is 5.13. The van der Waals surface area contributed by atoms with Crippen LogP contribution in [0.15, 0.2) is 0 Å². The van der Waals surface area contributed by atoms with Gasteiger partial charge < -0.3 is 20.6 Å². The topological polar surface area (TPSA) is 69.8 Å². The molecule has 0 aromatic rings. The first-order valence-electron chi connectivity index (χ1n) is 6.73. The van der Waals surface area contributed by atoms with Gasteiger partial charge in [-0.15, -0.1) is 0 Å². The molecule has 0 atom stereocenters. The molecule has 5 heteroatoms. The maximum atomic E-state index is 12.5. The van der Waals surface area contributed by atoms with Crippen molar-refractivity contribution >= 4 is 5.91 Å². The molecule has 1 aliphatic heterocycles. The van der Waals surface area contributed by atoms with Gasteiger partial charge in [0.2, 0.25) is 5.91 Å². The summed E-state index contributed by atoms with van der Waals surface area (Å²) in [4.78, 5) is 16.6. The summed E-state index contributed by atoms with van der Waals surface area (Å²) in [6.45, 7) is 6.50. The predicted octanol–water partition coefficient (Wildman–Crippen LogP) is -0.114. The monoisotopic (exact) mass is 257 g/mol. The van der Waals surface area contributed by atoms with E-state index in [9.17, 15) is 9.90 Å². The van der Waals surface area contributed by atoms with E-state index in [1.165, 1.54) is 0 Å². The van der Waals surface area contributed by atoms with Gasteiger partial charge in [0.15, 0.2) is 0 Å². The number of nitrogens with two attached hydrogens (primary N) is 1. The molecule has 3 N–H and O–H groups in total. The highest BCUT2D eigenvalue weighted by atomic mass is 16.3. The standard InChI is InChI=1S/C13H27N3O2/c1-13(2,10-14)12(18)16(8-9-17)11-4-6-15(3)7-5-11/h11,17H,4-10,14H2,1-3H3. The lowest BCUT2D eigenvalue weighted by Crippen LogP contribution is -2.53. The molecule has 1 heterocycles. The average Bonchev–Trinajstić information content (AvgIpc) is 2.36. The van der Waals surface area contributed by atoms with Crippen molar-refractivity contribution in [3.63, 3.8) is 0 Å². The van der Waals surface area contributed by atoms with Crippen molar-refractivity contribution in [1.82, 2.24) is 9.80 Å². The van der Waals surface area contributed by atoms with Gasteiger partial charge in [-0.25, -0.2) is 0 Å². The van der Waals surface area contributed by atoms with Gasteiger partial charge in [0.25, 0.3) is 0 Å². The molecular weight excluding hydrogens is 230 g/mol. The zero-order valence-electron chi connectivity index (χ0n) is 11.9. The van der Waals surface area contributed by atoms with E-state index in [0.29, 0.717) is 13.1 Å². The molecule has 5 nitrogen and oxygen atoms in total. The van der Waals surface area contributed by atoms with Crippen molar-refractivity contribution in [3.05, 3.63) is 0 Å². The largest absolute Gasteiger partial charge is 0.395 e. The lowest BCUT2D eigenvalue weighted by atomic mass is 9.90. The first-order valence-corrected chi connectivity index (χ1v) is 6.73. The van der Waals surface area contributed by atoms with Crippen LogP contribution in [-0.2, 0) is 4.79 Å². The molecule has 1 rings (SSSR count). The van der Waals surface area contributed by atoms with E-state index in [4.69, 9.17) is 5.73 Å². The van der Waals surface area contributed by atoms with Crippen LogP contribution in [0.5, 0.6) is 0 Å². The van der Waals surface area contributed by atoms with Crippen LogP contribution in [-0.4, -0.2) is 66.7 Å². The Bertz CT molecular complexity index is 273. The molecule has 0 bridgehead atoms. The van der Waals surface area contributed by atoms with Crippen LogP contribution in [0.25, 0.3) is 0 Å². The summed E-state index contributed by atoms with van der Waals surface area (Å²) in [6, 6.07) is 0.242. The zero-order valence-corrected chi connectivity index (χ0v) is 11.9. The number of aliphatic hydroxyl groups is 1. The molecule has 0 radical (unpaired) electrons. The van der Waals surface area contributed by atoms with Crippen LogP contribution in [0.1, 0.15) is 26.7 Å². The number of hydrogen-bond acceptors (Lipinski definition) is 4. The number of nitrogens with zero attached hydrogens (tertiary/aromatic N) is 2. The number of rotatable bonds is 5. The Morgan fingerprint density at radius 1 is 1.44 bits per heavy atom. The first kappa shape index (κ1) is 15.4. The second-order valence-electron chi connectivity index (χ2n) is 5.84. The summed E-state index contributed by atoms with van der Waals surface area (Å²) < 4.78 is 0. The highest BCUT2D eigenvalue weighted by molar-refractivity contribution is 5.82. The molecule has 0 aromatic heterocycles. The van der Waals surface area contributed by atoms with Crippen LogP contribution in [0.2, 0.25) is 0 Å². The Labute approximate surface area is 110 Å². The van der Waals surface area contributed by atoms with Gasteiger partial charge in [-0.1, -0.05) is 0 Å². The minimum Gasteiger partial charge on any atom is -0.395 e. The van der Waals surface area contributed by atoms with E-state index in [0.717, 1.165) is 25.9 Å². The molecule has 0 unspecified atom stereocenters. The molecule has 1 fully saturated rings. The molecule has 106 valence electrons. The number of hydrogen-bond donors (Lipinski definition) is 2. The Kier molecular flexibility index (Phi) is 5.56. The van der Waals surface area contributed by atoms with Crippen LogP contribution in [0.4, 0.5) is 0 Å². The first-order chi connectivity index (χ1) is 8.42. The molecule has 0 aromatic carbocycles. The van der Waals surface area contributed by atoms with Crippen molar-refractivity contribution in [1.29, 1.82) is 0 Å². The fourth-order valence-corrected chi connectivity index (χ4v) is 2.34. The number of likely N-dealkylation sites (tertiary alicyclic amines) is 1. The molecule has 0 spiro atoms. The Balaban J connectivity index is 2.73. The second kappa shape index (κ2) is 6.50. The highest BCUT2D eigenvalue weighted by Crippen LogP contribution is 2.23. The Morgan fingerprint density at radius 2 is 2.00 bits per heavy atom. The van der Waals surface area contributed by atoms with Gasteiger partial charge in [0.05, 0.1) is 12.0 Å². The average molecular weight is 257 g/mol. The fraction of sp³-hybridized carbons (Fsp3) is 0.923. The Morgan fingerprint density at radius 3 is 2.44 bits per heavy atom. The molecule has 0 aliphatic carbocycles. The van der Waals surface area contributed by atoms with Crippen molar-refractivity contribution in [3.8, 4) is 0 Å². The smallest absolute Gasteiger partial charge is 0.229 e. The van der Waals surface area contributed by atoms with E-state index in [2.05, 4.69) is 11.9 Å². The van der Waals surface area contributed by atoms with Crippen molar-refractivity contribution in [2.45, 2.75) is 32.7 Å². The van der Waals surface area contributed by atoms with Gasteiger partial charge in [-0.05, 0) is 46.8 Å². The summed E-state index contributed by atoms with van der Waals surface area (Å²) in [5, 5.41) is 9.17. The second-order valence-corrected chi connectivity index (χ2v) is 5.84. The van der Waals surface area contributed by atoms with Crippen molar-refractivity contribution in [2.75, 3.05) is 39.8 Å². The Hall–Kier alpha value is -0.650. The third-order valence-electron chi connectivity index (χ3n) is 3.82. The number of carbonyl (C=O) groups is 1. The number of aliphatic hydroxyl groups excluding tert-OH is 1. The van der Waals surface area contributed by atoms with E-state index < -0.39 is 5.41 Å². The third kappa shape index (κ3) is 3.67. The molecular formula is C13H27N3O2. The van der Waals surface area contributed by atoms with Crippen LogP contribution in [0, 0.1) is 5.41 Å². The zero-order chi connectivity index (χ0) is 13.8. The van der Waals surface area contributed by atoms with Crippen LogP contribution < -0.4 is 5.73 Å². The van der Waals surface area contributed by atoms with Crippen LogP contribution >= 0.6 is 0 Å². The van der Waals surface area contributed by atoms with E-state index in [-0.39, 0.29) is 18.6 Å². The molecule has 1 amide bonds. The molecule has 18 heavy (non-hydrogen) atoms. The quantitative estimate of drug-likeness (QED) is 0.721. The van der Waals surface area contributed by atoms with Gasteiger partial charge in [-0.3, -0.25) is 4.79 Å². The van der Waals surface area contributed by atoms with Gasteiger partial charge >= 0.3 is 0 Å². The van der Waals surface area contributed by atoms with Crippen molar-refractivity contribution < 1.29 is 9.90 Å². The van der Waals surface area contributed by atoms with Crippen molar-refractivity contribution in [2.24, 2.45) is 11.1 Å². The van der Waals surface area contributed by atoms with Gasteiger partial charge in [0.1, 0.15) is 0 Å².